The second-order valence-electron chi connectivity index (χ2n) is 9.19. The molecule has 0 spiro atoms. The van der Waals surface area contributed by atoms with E-state index in [2.05, 4.69) is 6.92 Å². The van der Waals surface area contributed by atoms with E-state index in [0.717, 1.165) is 18.5 Å². The molecule has 4 rings (SSSR count). The fraction of sp³-hybridized carbons (Fsp3) is 0.267. The van der Waals surface area contributed by atoms with Crippen molar-refractivity contribution in [3.05, 3.63) is 101 Å². The van der Waals surface area contributed by atoms with Gasteiger partial charge in [-0.1, -0.05) is 61.5 Å². The molecule has 0 radical (unpaired) electrons. The van der Waals surface area contributed by atoms with Crippen LogP contribution in [0.3, 0.4) is 0 Å². The minimum absolute atomic E-state index is 0.103. The number of aryl methyl sites for hydroxylation is 1. The average molecular weight is 485 g/mol. The zero-order chi connectivity index (χ0) is 25.7. The minimum atomic E-state index is -0.711. The molecule has 1 unspecified atom stereocenters. The van der Waals surface area contributed by atoms with Crippen molar-refractivity contribution in [2.24, 2.45) is 0 Å². The zero-order valence-corrected chi connectivity index (χ0v) is 21.0. The van der Waals surface area contributed by atoms with Gasteiger partial charge in [-0.05, 0) is 68.9 Å². The number of ether oxygens (including phenoxy) is 1. The lowest BCUT2D eigenvalue weighted by molar-refractivity contribution is -0.139. The molecule has 186 valence electrons. The van der Waals surface area contributed by atoms with Gasteiger partial charge in [-0.15, -0.1) is 0 Å². The Morgan fingerprint density at radius 1 is 0.944 bits per heavy atom. The Morgan fingerprint density at radius 3 is 2.31 bits per heavy atom. The number of para-hydroxylation sites is 1. The summed E-state index contributed by atoms with van der Waals surface area (Å²) in [4.78, 5) is 30.0. The third-order valence-electron chi connectivity index (χ3n) is 6.33. The maximum absolute atomic E-state index is 13.3. The molecule has 1 saturated heterocycles. The average Bonchev–Trinajstić information content (AvgIpc) is 3.14. The minimum Gasteiger partial charge on any atom is -0.507 e. The van der Waals surface area contributed by atoms with Crippen molar-refractivity contribution < 1.29 is 19.4 Å². The molecule has 3 aromatic carbocycles. The van der Waals surface area contributed by atoms with Crippen molar-refractivity contribution in [2.75, 3.05) is 27.2 Å². The molecule has 1 atom stereocenters. The van der Waals surface area contributed by atoms with E-state index in [1.54, 1.807) is 17.0 Å². The molecule has 0 aliphatic carbocycles. The number of hydrogen-bond donors (Lipinski definition) is 1. The summed E-state index contributed by atoms with van der Waals surface area (Å²) < 4.78 is 6.01. The number of benzene rings is 3. The first-order valence-corrected chi connectivity index (χ1v) is 12.2. The fourth-order valence-corrected chi connectivity index (χ4v) is 4.44. The van der Waals surface area contributed by atoms with Crippen LogP contribution in [0.1, 0.15) is 36.1 Å². The van der Waals surface area contributed by atoms with Crippen molar-refractivity contribution in [1.82, 2.24) is 9.80 Å². The standard InChI is InChI=1S/C30H32N2O4/c1-4-21-14-16-22(17-15-21)28(33)26-27(32(30(35)29(26)34)19-9-18-31(2)3)23-10-8-13-25(20-23)36-24-11-6-5-7-12-24/h5-8,10-17,20,27,33H,4,9,18-19H2,1-3H3/b28-26-. The van der Waals surface area contributed by atoms with Crippen molar-refractivity contribution in [2.45, 2.75) is 25.8 Å². The maximum Gasteiger partial charge on any atom is 0.295 e. The van der Waals surface area contributed by atoms with Gasteiger partial charge in [0.2, 0.25) is 0 Å². The highest BCUT2D eigenvalue weighted by Gasteiger charge is 2.45. The summed E-state index contributed by atoms with van der Waals surface area (Å²) in [5.74, 6) is -0.155. The second-order valence-corrected chi connectivity index (χ2v) is 9.19. The highest BCUT2D eigenvalue weighted by molar-refractivity contribution is 6.46. The highest BCUT2D eigenvalue weighted by Crippen LogP contribution is 2.40. The quantitative estimate of drug-likeness (QED) is 0.250. The van der Waals surface area contributed by atoms with Crippen LogP contribution in [0, 0.1) is 0 Å². The number of Topliss-reactive ketones (excluding diaryl/α,β-unsaturated/α-hetero) is 1. The van der Waals surface area contributed by atoms with Crippen LogP contribution in [0.2, 0.25) is 0 Å². The van der Waals surface area contributed by atoms with Gasteiger partial charge in [0.25, 0.3) is 11.7 Å². The third kappa shape index (κ3) is 5.50. The molecule has 0 saturated carbocycles. The Balaban J connectivity index is 1.76. The van der Waals surface area contributed by atoms with E-state index in [0.29, 0.717) is 35.6 Å². The molecule has 6 heteroatoms. The van der Waals surface area contributed by atoms with E-state index < -0.39 is 17.7 Å². The lowest BCUT2D eigenvalue weighted by Crippen LogP contribution is -2.32. The first kappa shape index (κ1) is 25.2. The SMILES string of the molecule is CCc1ccc(/C(O)=C2/C(=O)C(=O)N(CCCN(C)C)C2c2cccc(Oc3ccccc3)c2)cc1. The van der Waals surface area contributed by atoms with E-state index in [9.17, 15) is 14.7 Å². The number of carbonyl (C=O) groups excluding carboxylic acids is 2. The Hall–Kier alpha value is -3.90. The van der Waals surface area contributed by atoms with Gasteiger partial charge in [-0.3, -0.25) is 9.59 Å². The Kier molecular flexibility index (Phi) is 7.86. The third-order valence-corrected chi connectivity index (χ3v) is 6.33. The van der Waals surface area contributed by atoms with Crippen LogP contribution >= 0.6 is 0 Å². The number of nitrogens with zero attached hydrogens (tertiary/aromatic N) is 2. The number of aliphatic hydroxyl groups is 1. The molecule has 0 aromatic heterocycles. The highest BCUT2D eigenvalue weighted by atomic mass is 16.5. The molecule has 1 aliphatic heterocycles. The molecule has 1 aliphatic rings. The van der Waals surface area contributed by atoms with Crippen LogP contribution in [0.5, 0.6) is 11.5 Å². The summed E-state index contributed by atoms with van der Waals surface area (Å²) in [6.07, 6.45) is 1.56. The number of rotatable bonds is 9. The Morgan fingerprint density at radius 2 is 1.64 bits per heavy atom. The number of carbonyl (C=O) groups is 2. The van der Waals surface area contributed by atoms with Crippen molar-refractivity contribution >= 4 is 17.4 Å². The fourth-order valence-electron chi connectivity index (χ4n) is 4.44. The number of amides is 1. The molecule has 6 nitrogen and oxygen atoms in total. The van der Waals surface area contributed by atoms with Gasteiger partial charge in [0.15, 0.2) is 0 Å². The number of hydrogen-bond acceptors (Lipinski definition) is 5. The molecule has 1 N–H and O–H groups in total. The first-order valence-electron chi connectivity index (χ1n) is 12.2. The molecule has 1 amide bonds. The summed E-state index contributed by atoms with van der Waals surface area (Å²) in [6.45, 7) is 3.22. The lowest BCUT2D eigenvalue weighted by Gasteiger charge is -2.26. The first-order chi connectivity index (χ1) is 17.4. The van der Waals surface area contributed by atoms with Crippen molar-refractivity contribution in [3.63, 3.8) is 0 Å². The predicted octanol–water partition coefficient (Wildman–Crippen LogP) is 5.41. The summed E-state index contributed by atoms with van der Waals surface area (Å²) in [5, 5.41) is 11.3. The van der Waals surface area contributed by atoms with Gasteiger partial charge in [-0.25, -0.2) is 0 Å². The summed E-state index contributed by atoms with van der Waals surface area (Å²) in [5.41, 5.74) is 2.45. The van der Waals surface area contributed by atoms with Gasteiger partial charge in [0.05, 0.1) is 11.6 Å². The summed E-state index contributed by atoms with van der Waals surface area (Å²) in [6, 6.07) is 23.5. The van der Waals surface area contributed by atoms with Gasteiger partial charge in [-0.2, -0.15) is 0 Å². The Labute approximate surface area is 212 Å². The topological polar surface area (TPSA) is 70.1 Å². The lowest BCUT2D eigenvalue weighted by atomic mass is 9.94. The number of aliphatic hydroxyl groups excluding tert-OH is 1. The van der Waals surface area contributed by atoms with E-state index in [1.807, 2.05) is 85.7 Å². The number of ketones is 1. The van der Waals surface area contributed by atoms with E-state index >= 15 is 0 Å². The molecular weight excluding hydrogens is 452 g/mol. The van der Waals surface area contributed by atoms with Gasteiger partial charge in [0, 0.05) is 12.1 Å². The number of likely N-dealkylation sites (tertiary alicyclic amines) is 1. The Bertz CT molecular complexity index is 1250. The van der Waals surface area contributed by atoms with Crippen LogP contribution in [-0.2, 0) is 16.0 Å². The summed E-state index contributed by atoms with van der Waals surface area (Å²) >= 11 is 0. The van der Waals surface area contributed by atoms with Gasteiger partial charge >= 0.3 is 0 Å². The smallest absolute Gasteiger partial charge is 0.295 e. The molecule has 36 heavy (non-hydrogen) atoms. The van der Waals surface area contributed by atoms with Crippen molar-refractivity contribution in [3.8, 4) is 11.5 Å². The molecule has 3 aromatic rings. The zero-order valence-electron chi connectivity index (χ0n) is 21.0. The van der Waals surface area contributed by atoms with E-state index in [-0.39, 0.29) is 11.3 Å². The van der Waals surface area contributed by atoms with Gasteiger partial charge < -0.3 is 19.6 Å². The monoisotopic (exact) mass is 484 g/mol. The molecule has 0 bridgehead atoms. The predicted molar refractivity (Wildman–Crippen MR) is 141 cm³/mol. The van der Waals surface area contributed by atoms with Gasteiger partial charge in [0.1, 0.15) is 17.3 Å². The molecule has 1 heterocycles. The van der Waals surface area contributed by atoms with Crippen LogP contribution in [0.4, 0.5) is 0 Å². The largest absolute Gasteiger partial charge is 0.507 e. The maximum atomic E-state index is 13.3. The van der Waals surface area contributed by atoms with Crippen LogP contribution < -0.4 is 4.74 Å². The van der Waals surface area contributed by atoms with E-state index in [1.165, 1.54) is 0 Å². The van der Waals surface area contributed by atoms with Crippen molar-refractivity contribution in [1.29, 1.82) is 0 Å². The van der Waals surface area contributed by atoms with Crippen LogP contribution in [0.25, 0.3) is 5.76 Å². The van der Waals surface area contributed by atoms with Crippen LogP contribution in [0.15, 0.2) is 84.4 Å². The molecule has 1 fully saturated rings. The normalized spacial score (nSPS) is 17.1. The van der Waals surface area contributed by atoms with E-state index in [4.69, 9.17) is 4.74 Å². The summed E-state index contributed by atoms with van der Waals surface area (Å²) in [7, 11) is 3.94. The van der Waals surface area contributed by atoms with Crippen LogP contribution in [-0.4, -0.2) is 53.8 Å². The second kappa shape index (κ2) is 11.2. The molecular formula is C30H32N2O4.